The van der Waals surface area contributed by atoms with Crippen molar-refractivity contribution in [1.29, 1.82) is 0 Å². The molecule has 1 amide bonds. The molecule has 1 fully saturated rings. The van der Waals surface area contributed by atoms with Crippen molar-refractivity contribution in [3.8, 4) is 0 Å². The molecule has 3 rings (SSSR count). The van der Waals surface area contributed by atoms with Gasteiger partial charge in [-0.15, -0.1) is 0 Å². The third kappa shape index (κ3) is 3.91. The maximum atomic E-state index is 13.5. The van der Waals surface area contributed by atoms with Crippen LogP contribution in [0, 0.1) is 18.6 Å². The first kappa shape index (κ1) is 22.5. The zero-order valence-electron chi connectivity index (χ0n) is 15.5. The van der Waals surface area contributed by atoms with Gasteiger partial charge >= 0.3 is 6.18 Å². The molecule has 1 aliphatic rings. The lowest BCUT2D eigenvalue weighted by atomic mass is 10.2. The second-order valence-electron chi connectivity index (χ2n) is 6.97. The number of aromatic nitrogens is 1. The quantitative estimate of drug-likeness (QED) is 0.513. The van der Waals surface area contributed by atoms with Crippen LogP contribution in [0.5, 0.6) is 0 Å². The van der Waals surface area contributed by atoms with E-state index in [0.717, 1.165) is 16.8 Å². The van der Waals surface area contributed by atoms with E-state index in [1.165, 1.54) is 14.0 Å². The third-order valence-corrected chi connectivity index (χ3v) is 6.68. The largest absolute Gasteiger partial charge is 0.407 e. The fraction of sp³-hybridized carbons (Fsp3) is 0.353. The molecule has 1 heterocycles. The molecule has 0 radical (unpaired) electrons. The van der Waals surface area contributed by atoms with E-state index in [1.54, 1.807) is 4.72 Å². The molecular weight excluding hydrogens is 457 g/mol. The molecule has 0 unspecified atom stereocenters. The molecule has 2 N–H and O–H groups in total. The van der Waals surface area contributed by atoms with Gasteiger partial charge in [-0.05, 0) is 31.4 Å². The lowest BCUT2D eigenvalue weighted by Crippen LogP contribution is -2.47. The van der Waals surface area contributed by atoms with Crippen LogP contribution in [-0.2, 0) is 17.1 Å². The highest BCUT2D eigenvalue weighted by molar-refractivity contribution is 7.89. The third-order valence-electron chi connectivity index (χ3n) is 4.76. The highest BCUT2D eigenvalue weighted by Gasteiger charge is 2.65. The average molecular weight is 472 g/mol. The Kier molecular flexibility index (Phi) is 5.40. The summed E-state index contributed by atoms with van der Waals surface area (Å²) in [7, 11) is -3.28. The molecule has 0 aliphatic heterocycles. The first-order valence-electron chi connectivity index (χ1n) is 8.41. The van der Waals surface area contributed by atoms with Gasteiger partial charge in [0.15, 0.2) is 11.6 Å². The van der Waals surface area contributed by atoms with E-state index in [2.05, 4.69) is 5.32 Å². The van der Waals surface area contributed by atoms with Crippen molar-refractivity contribution in [3.05, 3.63) is 46.2 Å². The number of nitrogens with one attached hydrogen (secondary N) is 2. The summed E-state index contributed by atoms with van der Waals surface area (Å²) < 4.78 is 94.1. The second-order valence-corrected chi connectivity index (χ2v) is 9.03. The molecule has 2 aromatic rings. The van der Waals surface area contributed by atoms with Crippen molar-refractivity contribution in [1.82, 2.24) is 9.29 Å². The highest BCUT2D eigenvalue weighted by Crippen LogP contribution is 2.49. The lowest BCUT2D eigenvalue weighted by Gasteiger charge is -2.20. The van der Waals surface area contributed by atoms with Gasteiger partial charge < -0.3 is 9.88 Å². The number of nitrogens with zero attached hydrogens (tertiary/aromatic N) is 1. The van der Waals surface area contributed by atoms with Gasteiger partial charge in [-0.1, -0.05) is 11.6 Å². The summed E-state index contributed by atoms with van der Waals surface area (Å²) in [5, 5.41) is 1.67. The molecule has 0 spiro atoms. The smallest absolute Gasteiger partial charge is 0.345 e. The Balaban J connectivity index is 1.91. The number of alkyl halides is 3. The maximum absolute atomic E-state index is 13.5. The summed E-state index contributed by atoms with van der Waals surface area (Å²) in [4.78, 5) is 12.1. The number of amides is 1. The highest BCUT2D eigenvalue weighted by atomic mass is 35.5. The zero-order valence-corrected chi connectivity index (χ0v) is 17.1. The molecule has 0 bridgehead atoms. The maximum Gasteiger partial charge on any atom is 0.407 e. The van der Waals surface area contributed by atoms with Crippen LogP contribution in [0.25, 0.3) is 0 Å². The van der Waals surface area contributed by atoms with E-state index in [-0.39, 0.29) is 29.8 Å². The second kappa shape index (κ2) is 7.20. The topological polar surface area (TPSA) is 80.2 Å². The van der Waals surface area contributed by atoms with Crippen LogP contribution in [0.2, 0.25) is 5.02 Å². The Bertz CT molecular complexity index is 1120. The Morgan fingerprint density at radius 1 is 1.23 bits per heavy atom. The molecule has 6 nitrogen and oxygen atoms in total. The number of hydrogen-bond acceptors (Lipinski definition) is 3. The summed E-state index contributed by atoms with van der Waals surface area (Å²) in [6.07, 6.45) is -4.52. The molecule has 13 heteroatoms. The minimum atomic E-state index is -4.76. The number of halogens is 6. The predicted molar refractivity (Wildman–Crippen MR) is 97.8 cm³/mol. The van der Waals surface area contributed by atoms with Gasteiger partial charge in [0.2, 0.25) is 10.0 Å². The van der Waals surface area contributed by atoms with E-state index in [9.17, 15) is 35.2 Å². The number of carbonyl (C=O) groups excluding carboxylic acids is 1. The number of rotatable bonds is 5. The summed E-state index contributed by atoms with van der Waals surface area (Å²) in [6, 6.07) is 1.63. The van der Waals surface area contributed by atoms with Gasteiger partial charge in [-0.2, -0.15) is 17.9 Å². The zero-order chi connectivity index (χ0) is 22.6. The fourth-order valence-electron chi connectivity index (χ4n) is 3.02. The Labute approximate surface area is 173 Å². The first-order valence-corrected chi connectivity index (χ1v) is 10.3. The van der Waals surface area contributed by atoms with Gasteiger partial charge in [-0.3, -0.25) is 4.79 Å². The summed E-state index contributed by atoms with van der Waals surface area (Å²) in [5.74, 6) is -3.51. The minimum absolute atomic E-state index is 0.117. The molecule has 1 aliphatic carbocycles. The number of anilines is 1. The van der Waals surface area contributed by atoms with Crippen LogP contribution in [0.15, 0.2) is 23.2 Å². The van der Waals surface area contributed by atoms with Gasteiger partial charge in [0.05, 0.1) is 5.02 Å². The molecule has 1 aromatic heterocycles. The number of benzene rings is 1. The summed E-state index contributed by atoms with van der Waals surface area (Å²) in [5.41, 5.74) is -3.03. The van der Waals surface area contributed by atoms with Crippen molar-refractivity contribution in [2.24, 2.45) is 7.05 Å². The Hall–Kier alpha value is -2.18. The number of hydrogen-bond donors (Lipinski definition) is 2. The number of carbonyl (C=O) groups is 1. The van der Waals surface area contributed by atoms with Crippen LogP contribution in [0.1, 0.15) is 28.9 Å². The average Bonchev–Trinajstić information content (AvgIpc) is 3.30. The van der Waals surface area contributed by atoms with Crippen molar-refractivity contribution in [2.75, 3.05) is 5.32 Å². The molecule has 30 heavy (non-hydrogen) atoms. The van der Waals surface area contributed by atoms with Crippen molar-refractivity contribution >= 4 is 33.2 Å². The van der Waals surface area contributed by atoms with Crippen LogP contribution in [-0.4, -0.2) is 30.6 Å². The number of sulfonamides is 1. The van der Waals surface area contributed by atoms with E-state index < -0.39 is 49.2 Å². The normalized spacial score (nSPS) is 15.9. The standard InChI is InChI=1S/C17H15ClF5N3O3S/c1-8-12(30(28,29)25-16(3-4-16)17(21,22)23)7-26(2)14(8)15(27)24-9-5-10(18)13(20)11(19)6-9/h5-7,25H,3-4H2,1-2H3,(H,24,27). The Morgan fingerprint density at radius 3 is 2.33 bits per heavy atom. The molecule has 0 atom stereocenters. The molecule has 1 aromatic carbocycles. The predicted octanol–water partition coefficient (Wildman–Crippen LogP) is 3.89. The lowest BCUT2D eigenvalue weighted by molar-refractivity contribution is -0.160. The van der Waals surface area contributed by atoms with Crippen LogP contribution < -0.4 is 10.0 Å². The Morgan fingerprint density at radius 2 is 1.83 bits per heavy atom. The van der Waals surface area contributed by atoms with E-state index >= 15 is 0 Å². The van der Waals surface area contributed by atoms with Crippen LogP contribution in [0.4, 0.5) is 27.6 Å². The monoisotopic (exact) mass is 471 g/mol. The van der Waals surface area contributed by atoms with E-state index in [0.29, 0.717) is 6.07 Å². The molecule has 1 saturated carbocycles. The van der Waals surface area contributed by atoms with Gasteiger partial charge in [0.1, 0.15) is 16.1 Å². The van der Waals surface area contributed by atoms with Crippen molar-refractivity contribution < 1.29 is 35.2 Å². The van der Waals surface area contributed by atoms with Crippen molar-refractivity contribution in [3.63, 3.8) is 0 Å². The van der Waals surface area contributed by atoms with E-state index in [1.807, 2.05) is 0 Å². The van der Waals surface area contributed by atoms with Gasteiger partial charge in [0.25, 0.3) is 5.91 Å². The summed E-state index contributed by atoms with van der Waals surface area (Å²) >= 11 is 5.53. The van der Waals surface area contributed by atoms with E-state index in [4.69, 9.17) is 11.6 Å². The number of aryl methyl sites for hydroxylation is 1. The van der Waals surface area contributed by atoms with Crippen LogP contribution in [0.3, 0.4) is 0 Å². The fourth-order valence-corrected chi connectivity index (χ4v) is 4.97. The molecule has 164 valence electrons. The molecular formula is C17H15ClF5N3O3S. The van der Waals surface area contributed by atoms with Crippen molar-refractivity contribution in [2.45, 2.75) is 36.4 Å². The first-order chi connectivity index (χ1) is 13.7. The SMILES string of the molecule is Cc1c(S(=O)(=O)NC2(C(F)(F)F)CC2)cn(C)c1C(=O)Nc1cc(F)c(F)c(Cl)c1. The van der Waals surface area contributed by atoms with Gasteiger partial charge in [-0.25, -0.2) is 17.2 Å². The minimum Gasteiger partial charge on any atom is -0.345 e. The summed E-state index contributed by atoms with van der Waals surface area (Å²) in [6.45, 7) is 1.24. The van der Waals surface area contributed by atoms with Crippen LogP contribution >= 0.6 is 11.6 Å². The molecule has 0 saturated heterocycles. The van der Waals surface area contributed by atoms with Gasteiger partial charge in [0, 0.05) is 25.0 Å².